The molecule has 1 aromatic heterocycles. The smallest absolute Gasteiger partial charge is 0.223 e. The second-order valence-electron chi connectivity index (χ2n) is 7.35. The van der Waals surface area contributed by atoms with Gasteiger partial charge in [-0.05, 0) is 64.3 Å². The van der Waals surface area contributed by atoms with Crippen molar-refractivity contribution in [1.82, 2.24) is 14.9 Å². The fraction of sp³-hybridized carbons (Fsp3) is 0.545. The molecular formula is C22H32N4O2. The van der Waals surface area contributed by atoms with Crippen LogP contribution in [0.3, 0.4) is 0 Å². The lowest BCUT2D eigenvalue weighted by molar-refractivity contribution is 0.210. The fourth-order valence-electron chi connectivity index (χ4n) is 3.69. The van der Waals surface area contributed by atoms with Crippen LogP contribution in [0.5, 0.6) is 11.5 Å². The van der Waals surface area contributed by atoms with E-state index in [0.29, 0.717) is 19.3 Å². The molecule has 2 heterocycles. The highest BCUT2D eigenvalue weighted by atomic mass is 16.5. The topological polar surface area (TPSA) is 59.5 Å². The van der Waals surface area contributed by atoms with Crippen molar-refractivity contribution in [3.63, 3.8) is 0 Å². The van der Waals surface area contributed by atoms with Gasteiger partial charge in [0, 0.05) is 43.1 Å². The molecule has 0 aliphatic carbocycles. The Morgan fingerprint density at radius 2 is 1.50 bits per heavy atom. The Balaban J connectivity index is 1.56. The number of rotatable bonds is 8. The quantitative estimate of drug-likeness (QED) is 0.743. The summed E-state index contributed by atoms with van der Waals surface area (Å²) >= 11 is 0. The Morgan fingerprint density at radius 3 is 2.04 bits per heavy atom. The van der Waals surface area contributed by atoms with Crippen molar-refractivity contribution >= 4 is 5.95 Å². The van der Waals surface area contributed by atoms with Crippen LogP contribution in [-0.4, -0.2) is 47.2 Å². The number of benzene rings is 1. The minimum atomic E-state index is 0.422. The molecule has 6 heteroatoms. The molecule has 1 aromatic carbocycles. The molecule has 6 nitrogen and oxygen atoms in total. The number of hydrogen-bond donors (Lipinski definition) is 1. The van der Waals surface area contributed by atoms with Gasteiger partial charge in [-0.25, -0.2) is 9.97 Å². The van der Waals surface area contributed by atoms with Gasteiger partial charge >= 0.3 is 0 Å². The van der Waals surface area contributed by atoms with Crippen LogP contribution in [0.1, 0.15) is 43.6 Å². The highest BCUT2D eigenvalue weighted by Gasteiger charge is 2.20. The van der Waals surface area contributed by atoms with Gasteiger partial charge in [0.1, 0.15) is 11.5 Å². The van der Waals surface area contributed by atoms with Gasteiger partial charge < -0.3 is 14.8 Å². The molecule has 0 radical (unpaired) electrons. The Bertz CT molecular complexity index is 729. The van der Waals surface area contributed by atoms with Crippen molar-refractivity contribution in [3.05, 3.63) is 41.2 Å². The average molecular weight is 385 g/mol. The summed E-state index contributed by atoms with van der Waals surface area (Å²) in [5, 5.41) is 3.51. The molecule has 2 aromatic rings. The van der Waals surface area contributed by atoms with E-state index >= 15 is 0 Å². The van der Waals surface area contributed by atoms with Gasteiger partial charge in [-0.1, -0.05) is 0 Å². The molecule has 0 saturated carbocycles. The van der Waals surface area contributed by atoms with E-state index in [1.807, 2.05) is 39.8 Å². The first-order valence-corrected chi connectivity index (χ1v) is 10.3. The molecule has 0 bridgehead atoms. The second-order valence-corrected chi connectivity index (χ2v) is 7.35. The van der Waals surface area contributed by atoms with Crippen LogP contribution in [-0.2, 0) is 6.54 Å². The number of nitrogens with one attached hydrogen (secondary N) is 1. The highest BCUT2D eigenvalue weighted by Crippen LogP contribution is 2.25. The first-order chi connectivity index (χ1) is 13.6. The number of aryl methyl sites for hydroxylation is 2. The van der Waals surface area contributed by atoms with E-state index in [0.717, 1.165) is 61.3 Å². The number of anilines is 1. The lowest BCUT2D eigenvalue weighted by Crippen LogP contribution is -2.39. The molecule has 1 saturated heterocycles. The first kappa shape index (κ1) is 20.4. The molecule has 0 amide bonds. The molecule has 0 atom stereocenters. The van der Waals surface area contributed by atoms with Gasteiger partial charge in [0.15, 0.2) is 0 Å². The van der Waals surface area contributed by atoms with Gasteiger partial charge in [-0.3, -0.25) is 4.90 Å². The summed E-state index contributed by atoms with van der Waals surface area (Å²) in [6, 6.07) is 8.64. The van der Waals surface area contributed by atoms with Crippen molar-refractivity contribution in [2.75, 3.05) is 31.6 Å². The molecule has 152 valence electrons. The van der Waals surface area contributed by atoms with Crippen LogP contribution in [0, 0.1) is 13.8 Å². The summed E-state index contributed by atoms with van der Waals surface area (Å²) in [5.74, 6) is 2.51. The van der Waals surface area contributed by atoms with E-state index in [1.165, 1.54) is 5.56 Å². The van der Waals surface area contributed by atoms with Crippen LogP contribution in [0.25, 0.3) is 0 Å². The summed E-state index contributed by atoms with van der Waals surface area (Å²) in [4.78, 5) is 11.5. The molecule has 1 fully saturated rings. The van der Waals surface area contributed by atoms with Crippen molar-refractivity contribution in [2.45, 2.75) is 53.1 Å². The summed E-state index contributed by atoms with van der Waals surface area (Å²) in [6.45, 7) is 12.3. The maximum absolute atomic E-state index is 5.70. The molecule has 0 spiro atoms. The summed E-state index contributed by atoms with van der Waals surface area (Å²) in [7, 11) is 0. The zero-order valence-electron chi connectivity index (χ0n) is 17.5. The molecule has 0 unspecified atom stereocenters. The van der Waals surface area contributed by atoms with Crippen LogP contribution in [0.2, 0.25) is 0 Å². The van der Waals surface area contributed by atoms with E-state index < -0.39 is 0 Å². The lowest BCUT2D eigenvalue weighted by atomic mass is 10.0. The number of nitrogens with zero attached hydrogens (tertiary/aromatic N) is 3. The summed E-state index contributed by atoms with van der Waals surface area (Å²) in [5.41, 5.74) is 3.25. The van der Waals surface area contributed by atoms with Gasteiger partial charge in [0.05, 0.1) is 13.2 Å². The summed E-state index contributed by atoms with van der Waals surface area (Å²) < 4.78 is 11.4. The largest absolute Gasteiger partial charge is 0.494 e. The third-order valence-corrected chi connectivity index (χ3v) is 4.87. The van der Waals surface area contributed by atoms with E-state index in [-0.39, 0.29) is 0 Å². The molecule has 1 N–H and O–H groups in total. The monoisotopic (exact) mass is 384 g/mol. The molecule has 1 aliphatic rings. The molecular weight excluding hydrogens is 352 g/mol. The molecule has 28 heavy (non-hydrogen) atoms. The standard InChI is InChI=1S/C22H32N4O2/c1-5-27-20-12-18(13-21(14-20)28-6-2)15-26-9-7-19(8-10-26)25-22-23-16(3)11-17(4)24-22/h11-14,19H,5-10,15H2,1-4H3,(H,23,24,25). The first-order valence-electron chi connectivity index (χ1n) is 10.3. The Kier molecular flexibility index (Phi) is 7.09. The van der Waals surface area contributed by atoms with E-state index in [9.17, 15) is 0 Å². The van der Waals surface area contributed by atoms with Gasteiger partial charge in [-0.2, -0.15) is 0 Å². The van der Waals surface area contributed by atoms with E-state index in [1.54, 1.807) is 0 Å². The van der Waals surface area contributed by atoms with Crippen LogP contribution < -0.4 is 14.8 Å². The average Bonchev–Trinajstić information content (AvgIpc) is 2.63. The normalized spacial score (nSPS) is 15.4. The lowest BCUT2D eigenvalue weighted by Gasteiger charge is -2.32. The van der Waals surface area contributed by atoms with Crippen LogP contribution in [0.4, 0.5) is 5.95 Å². The predicted molar refractivity (Wildman–Crippen MR) is 112 cm³/mol. The predicted octanol–water partition coefficient (Wildman–Crippen LogP) is 3.97. The number of likely N-dealkylation sites (tertiary alicyclic amines) is 1. The van der Waals surface area contributed by atoms with Crippen LogP contribution in [0.15, 0.2) is 24.3 Å². The minimum Gasteiger partial charge on any atom is -0.494 e. The zero-order valence-corrected chi connectivity index (χ0v) is 17.5. The van der Waals surface area contributed by atoms with Gasteiger partial charge in [0.2, 0.25) is 5.95 Å². The number of piperidine rings is 1. The Morgan fingerprint density at radius 1 is 0.929 bits per heavy atom. The number of aromatic nitrogens is 2. The highest BCUT2D eigenvalue weighted by molar-refractivity contribution is 5.38. The zero-order chi connectivity index (χ0) is 19.9. The summed E-state index contributed by atoms with van der Waals surface area (Å²) in [6.07, 6.45) is 2.17. The van der Waals surface area contributed by atoms with Crippen LogP contribution >= 0.6 is 0 Å². The second kappa shape index (κ2) is 9.73. The number of ether oxygens (including phenoxy) is 2. The maximum atomic E-state index is 5.70. The van der Waals surface area contributed by atoms with Crippen molar-refractivity contribution < 1.29 is 9.47 Å². The third-order valence-electron chi connectivity index (χ3n) is 4.87. The third kappa shape index (κ3) is 5.83. The Hall–Kier alpha value is -2.34. The van der Waals surface area contributed by atoms with Gasteiger partial charge in [-0.15, -0.1) is 0 Å². The van der Waals surface area contributed by atoms with Crippen molar-refractivity contribution in [3.8, 4) is 11.5 Å². The van der Waals surface area contributed by atoms with Crippen molar-refractivity contribution in [1.29, 1.82) is 0 Å². The molecule has 1 aliphatic heterocycles. The molecule has 3 rings (SSSR count). The SMILES string of the molecule is CCOc1cc(CN2CCC(Nc3nc(C)cc(C)n3)CC2)cc(OCC)c1. The fourth-order valence-corrected chi connectivity index (χ4v) is 3.69. The van der Waals surface area contributed by atoms with E-state index in [2.05, 4.69) is 32.3 Å². The Labute approximate surface area is 168 Å². The van der Waals surface area contributed by atoms with E-state index in [4.69, 9.17) is 9.47 Å². The maximum Gasteiger partial charge on any atom is 0.223 e. The minimum absolute atomic E-state index is 0.422. The number of hydrogen-bond acceptors (Lipinski definition) is 6. The van der Waals surface area contributed by atoms with Gasteiger partial charge in [0.25, 0.3) is 0 Å². The van der Waals surface area contributed by atoms with Crippen molar-refractivity contribution in [2.24, 2.45) is 0 Å².